The molecule has 0 nitrogen and oxygen atoms in total. The van der Waals surface area contributed by atoms with Crippen molar-refractivity contribution < 1.29 is 0 Å². The van der Waals surface area contributed by atoms with Gasteiger partial charge >= 0.3 is 93.5 Å². The molecule has 0 aliphatic heterocycles. The van der Waals surface area contributed by atoms with Crippen molar-refractivity contribution in [2.45, 2.75) is 101 Å². The Morgan fingerprint density at radius 2 is 0.722 bits per heavy atom. The number of hydrogen-bond donors (Lipinski definition) is 0. The molecule has 0 unspecified atom stereocenters. The van der Waals surface area contributed by atoms with Gasteiger partial charge < -0.3 is 0 Å². The molecule has 18 heavy (non-hydrogen) atoms. The number of rotatable bonds is 9. The predicted octanol–water partition coefficient (Wildman–Crippen LogP) is 5.58. The van der Waals surface area contributed by atoms with Gasteiger partial charge in [-0.2, -0.15) is 0 Å². The summed E-state index contributed by atoms with van der Waals surface area (Å²) in [5, 5.41) is 0. The van der Waals surface area contributed by atoms with Crippen molar-refractivity contribution in [3.05, 3.63) is 0 Å². The van der Waals surface area contributed by atoms with Gasteiger partial charge in [-0.1, -0.05) is 52.4 Å². The normalized spacial score (nSPS) is 9.00. The first-order valence-electron chi connectivity index (χ1n) is 8.14. The zero-order chi connectivity index (χ0) is 14.5. The van der Waals surface area contributed by atoms with Crippen molar-refractivity contribution in [1.29, 1.82) is 0 Å². The average molecular weight is 468 g/mol. The Hall–Kier alpha value is 1.60. The number of unbranched alkanes of at least 4 members (excludes halogenated alkanes) is 7. The fourth-order valence-corrected chi connectivity index (χ4v) is 3.59. The van der Waals surface area contributed by atoms with Crippen LogP contribution in [-0.4, -0.2) is 45.0 Å². The van der Waals surface area contributed by atoms with Crippen molar-refractivity contribution in [2.75, 3.05) is 0 Å². The van der Waals surface area contributed by atoms with E-state index in [1.165, 1.54) is 118 Å². The van der Waals surface area contributed by atoms with Crippen LogP contribution in [0.15, 0.2) is 0 Å². The first-order chi connectivity index (χ1) is 8.74. The summed E-state index contributed by atoms with van der Waals surface area (Å²) in [6.07, 6.45) is 14.1. The van der Waals surface area contributed by atoms with Crippen LogP contribution in [-0.2, 0) is 0 Å². The van der Waals surface area contributed by atoms with E-state index in [2.05, 4.69) is 27.7 Å². The van der Waals surface area contributed by atoms with E-state index < -0.39 is 0 Å². The second-order valence-electron chi connectivity index (χ2n) is 4.70. The number of hydrogen-bond acceptors (Lipinski definition) is 0. The maximum atomic E-state index is 2.26. The molecular formula is C16H38Sn2. The molecule has 0 spiro atoms. The molecule has 0 N–H and O–H groups in total. The van der Waals surface area contributed by atoms with Gasteiger partial charge in [0.15, 0.2) is 0 Å². The molecule has 0 fully saturated rings. The Balaban J connectivity index is -0.000000197. The van der Waals surface area contributed by atoms with Gasteiger partial charge in [-0.3, -0.25) is 0 Å². The standard InChI is InChI=1S/C8H18.2C4H9.2Sn.2H/c1-3-5-7-8-6-4-2;2*1-3-4-2;;;;/h3-8H2,1-2H3;2*1,3-4H2,2H3;;;;. The summed E-state index contributed by atoms with van der Waals surface area (Å²) < 4.78 is 2.95. The van der Waals surface area contributed by atoms with Gasteiger partial charge in [0, 0.05) is 0 Å². The minimum atomic E-state index is 1.36. The van der Waals surface area contributed by atoms with Gasteiger partial charge in [-0.15, -0.1) is 0 Å². The Labute approximate surface area is 145 Å². The van der Waals surface area contributed by atoms with Gasteiger partial charge in [0.25, 0.3) is 0 Å². The zero-order valence-corrected chi connectivity index (χ0v) is 20.2. The van der Waals surface area contributed by atoms with E-state index in [0.29, 0.717) is 0 Å². The Morgan fingerprint density at radius 1 is 0.444 bits per heavy atom. The first-order valence-corrected chi connectivity index (χ1v) is 12.8. The summed E-state index contributed by atoms with van der Waals surface area (Å²) >= 11 is 2.90. The first kappa shape index (κ1) is 24.6. The minimum absolute atomic E-state index is 1.36. The van der Waals surface area contributed by atoms with Gasteiger partial charge in [-0.05, 0) is 0 Å². The van der Waals surface area contributed by atoms with Gasteiger partial charge in [-0.25, -0.2) is 0 Å². The van der Waals surface area contributed by atoms with E-state index >= 15 is 0 Å². The van der Waals surface area contributed by atoms with Crippen LogP contribution >= 0.6 is 0 Å². The average Bonchev–Trinajstić information content (AvgIpc) is 2.38. The monoisotopic (exact) mass is 470 g/mol. The molecular weight excluding hydrogens is 430 g/mol. The summed E-state index contributed by atoms with van der Waals surface area (Å²) in [5.41, 5.74) is 0. The van der Waals surface area contributed by atoms with Gasteiger partial charge in [0.1, 0.15) is 0 Å². The molecule has 0 aliphatic carbocycles. The molecule has 0 aliphatic rings. The van der Waals surface area contributed by atoms with Crippen molar-refractivity contribution in [3.63, 3.8) is 0 Å². The molecule has 0 aromatic heterocycles. The maximum absolute atomic E-state index is 2.26. The molecule has 2 heteroatoms. The van der Waals surface area contributed by atoms with Crippen LogP contribution < -0.4 is 0 Å². The summed E-state index contributed by atoms with van der Waals surface area (Å²) in [7, 11) is 0. The second-order valence-corrected chi connectivity index (χ2v) is 7.99. The third kappa shape index (κ3) is 43.2. The van der Waals surface area contributed by atoms with E-state index in [-0.39, 0.29) is 0 Å². The van der Waals surface area contributed by atoms with Crippen molar-refractivity contribution >= 4 is 45.0 Å². The van der Waals surface area contributed by atoms with E-state index in [1.807, 2.05) is 0 Å². The van der Waals surface area contributed by atoms with Crippen LogP contribution in [0, 0.1) is 0 Å². The third-order valence-corrected chi connectivity index (χ3v) is 4.90. The summed E-state index contributed by atoms with van der Waals surface area (Å²) in [6, 6.07) is 0. The molecule has 0 rings (SSSR count). The van der Waals surface area contributed by atoms with E-state index in [9.17, 15) is 0 Å². The topological polar surface area (TPSA) is 0 Å². The Morgan fingerprint density at radius 3 is 0.833 bits per heavy atom. The second kappa shape index (κ2) is 31.1. The fourth-order valence-electron chi connectivity index (χ4n) is 1.26. The van der Waals surface area contributed by atoms with Crippen LogP contribution in [0.25, 0.3) is 0 Å². The van der Waals surface area contributed by atoms with E-state index in [1.54, 1.807) is 0 Å². The molecule has 0 aromatic carbocycles. The van der Waals surface area contributed by atoms with Crippen molar-refractivity contribution in [3.8, 4) is 0 Å². The van der Waals surface area contributed by atoms with Crippen LogP contribution in [0.1, 0.15) is 91.9 Å². The molecule has 110 valence electrons. The van der Waals surface area contributed by atoms with E-state index in [4.69, 9.17) is 0 Å². The third-order valence-electron chi connectivity index (χ3n) is 2.57. The molecule has 0 aromatic rings. The predicted molar refractivity (Wildman–Crippen MR) is 92.8 cm³/mol. The quantitative estimate of drug-likeness (QED) is 0.307. The molecule has 0 saturated heterocycles. The Kier molecular flexibility index (Phi) is 42.6. The van der Waals surface area contributed by atoms with Crippen molar-refractivity contribution in [2.24, 2.45) is 0 Å². The molecule has 0 atom stereocenters. The SMILES string of the molecule is CCCCCCCC.CCC[CH2][SnH].CCC[CH2][SnH]. The summed E-state index contributed by atoms with van der Waals surface area (Å²) in [4.78, 5) is 0. The van der Waals surface area contributed by atoms with E-state index in [0.717, 1.165) is 0 Å². The Bertz CT molecular complexity index is 79.1. The molecule has 0 saturated carbocycles. The molecule has 0 bridgehead atoms. The van der Waals surface area contributed by atoms with Crippen LogP contribution in [0.2, 0.25) is 8.87 Å². The molecule has 0 amide bonds. The van der Waals surface area contributed by atoms with Gasteiger partial charge in [0.05, 0.1) is 0 Å². The fraction of sp³-hybridized carbons (Fsp3) is 1.00. The van der Waals surface area contributed by atoms with Crippen LogP contribution in [0.5, 0.6) is 0 Å². The summed E-state index contributed by atoms with van der Waals surface area (Å²) in [6.45, 7) is 8.98. The van der Waals surface area contributed by atoms with Crippen LogP contribution in [0.4, 0.5) is 0 Å². The molecule has 0 heterocycles. The molecule has 4 radical (unpaired) electrons. The van der Waals surface area contributed by atoms with Gasteiger partial charge in [0.2, 0.25) is 0 Å². The summed E-state index contributed by atoms with van der Waals surface area (Å²) in [5.74, 6) is 0. The van der Waals surface area contributed by atoms with Crippen molar-refractivity contribution in [1.82, 2.24) is 0 Å². The zero-order valence-electron chi connectivity index (χ0n) is 13.6. The van der Waals surface area contributed by atoms with Crippen LogP contribution in [0.3, 0.4) is 0 Å².